The van der Waals surface area contributed by atoms with E-state index in [2.05, 4.69) is 21.2 Å². The van der Waals surface area contributed by atoms with Crippen molar-refractivity contribution in [2.45, 2.75) is 52.2 Å². The number of Topliss-reactive ketones (excluding diaryl/α,β-unsaturated/α-hetero) is 1. The van der Waals surface area contributed by atoms with Crippen LogP contribution in [-0.2, 0) is 16.0 Å². The van der Waals surface area contributed by atoms with Crippen molar-refractivity contribution in [2.24, 2.45) is 5.92 Å². The molecular weight excluding hydrogens is 418 g/mol. The topological polar surface area (TPSA) is 55.4 Å². The molecule has 0 aliphatic rings. The minimum absolute atomic E-state index is 0.104. The molecule has 0 bridgehead atoms. The Morgan fingerprint density at radius 1 is 1.04 bits per heavy atom. The van der Waals surface area contributed by atoms with E-state index < -0.39 is 17.7 Å². The average Bonchev–Trinajstić information content (AvgIpc) is 2.64. The standard InChI is InChI=1S/C23H28BrNO3/c1-16(20(26)15-12-17-10-13-19(24)14-11-17)21(18-8-6-5-7-9-18)25-22(27)28-23(2,3)4/h5-11,13-14,16,21H,12,15H2,1-4H3,(H,25,27)/t16-,21+/m0/s1. The predicted octanol–water partition coefficient (Wildman–Crippen LogP) is 5.85. The van der Waals surface area contributed by atoms with Crippen LogP contribution < -0.4 is 5.32 Å². The molecule has 2 rings (SSSR count). The van der Waals surface area contributed by atoms with Gasteiger partial charge in [-0.05, 0) is 50.5 Å². The van der Waals surface area contributed by atoms with Crippen molar-refractivity contribution < 1.29 is 14.3 Å². The number of ether oxygens (including phenoxy) is 1. The third kappa shape index (κ3) is 7.12. The van der Waals surface area contributed by atoms with E-state index in [1.54, 1.807) is 0 Å². The summed E-state index contributed by atoms with van der Waals surface area (Å²) >= 11 is 3.42. The SMILES string of the molecule is C[C@@H](C(=O)CCc1ccc(Br)cc1)[C@@H](NC(=O)OC(C)(C)C)c1ccccc1. The summed E-state index contributed by atoms with van der Waals surface area (Å²) in [5.74, 6) is -0.266. The molecule has 0 saturated carbocycles. The summed E-state index contributed by atoms with van der Waals surface area (Å²) < 4.78 is 6.41. The Bertz CT molecular complexity index is 782. The molecule has 0 heterocycles. The Morgan fingerprint density at radius 2 is 1.64 bits per heavy atom. The van der Waals surface area contributed by atoms with Gasteiger partial charge >= 0.3 is 6.09 Å². The van der Waals surface area contributed by atoms with Gasteiger partial charge < -0.3 is 10.1 Å². The lowest BCUT2D eigenvalue weighted by atomic mass is 9.88. The van der Waals surface area contributed by atoms with E-state index in [9.17, 15) is 9.59 Å². The summed E-state index contributed by atoms with van der Waals surface area (Å²) in [4.78, 5) is 25.2. The molecule has 150 valence electrons. The molecule has 4 nitrogen and oxygen atoms in total. The summed E-state index contributed by atoms with van der Waals surface area (Å²) in [6.07, 6.45) is 0.570. The molecule has 28 heavy (non-hydrogen) atoms. The number of hydrogen-bond acceptors (Lipinski definition) is 3. The van der Waals surface area contributed by atoms with Gasteiger partial charge in [-0.25, -0.2) is 4.79 Å². The van der Waals surface area contributed by atoms with Gasteiger partial charge in [0.15, 0.2) is 0 Å². The Kier molecular flexibility index (Phi) is 7.81. The number of hydrogen-bond donors (Lipinski definition) is 1. The van der Waals surface area contributed by atoms with Gasteiger partial charge in [-0.15, -0.1) is 0 Å². The molecule has 0 aromatic heterocycles. The van der Waals surface area contributed by atoms with Crippen molar-refractivity contribution in [1.82, 2.24) is 5.32 Å². The fourth-order valence-electron chi connectivity index (χ4n) is 2.92. The summed E-state index contributed by atoms with van der Waals surface area (Å²) in [5.41, 5.74) is 1.40. The molecule has 0 radical (unpaired) electrons. The number of carbonyl (C=O) groups excluding carboxylic acids is 2. The first-order valence-corrected chi connectivity index (χ1v) is 10.3. The maximum atomic E-state index is 12.9. The second kappa shape index (κ2) is 9.87. The predicted molar refractivity (Wildman–Crippen MR) is 115 cm³/mol. The van der Waals surface area contributed by atoms with Crippen LogP contribution in [-0.4, -0.2) is 17.5 Å². The maximum Gasteiger partial charge on any atom is 0.408 e. The van der Waals surface area contributed by atoms with Crippen LogP contribution in [0, 0.1) is 5.92 Å². The van der Waals surface area contributed by atoms with Crippen LogP contribution >= 0.6 is 15.9 Å². The number of carbonyl (C=O) groups is 2. The first kappa shape index (κ1) is 22.2. The van der Waals surface area contributed by atoms with Crippen LogP contribution in [0.2, 0.25) is 0 Å². The van der Waals surface area contributed by atoms with Gasteiger partial charge in [-0.2, -0.15) is 0 Å². The normalized spacial score (nSPS) is 13.5. The van der Waals surface area contributed by atoms with E-state index in [-0.39, 0.29) is 11.7 Å². The van der Waals surface area contributed by atoms with E-state index >= 15 is 0 Å². The molecule has 5 heteroatoms. The highest BCUT2D eigenvalue weighted by molar-refractivity contribution is 9.10. The van der Waals surface area contributed by atoms with E-state index in [1.807, 2.05) is 82.3 Å². The molecule has 0 unspecified atom stereocenters. The molecule has 0 saturated heterocycles. The number of alkyl carbamates (subject to hydrolysis) is 1. The molecular formula is C23H28BrNO3. The number of rotatable bonds is 7. The summed E-state index contributed by atoms with van der Waals surface area (Å²) in [7, 11) is 0. The molecule has 0 aliphatic heterocycles. The maximum absolute atomic E-state index is 12.9. The van der Waals surface area contributed by atoms with Gasteiger partial charge in [0.1, 0.15) is 11.4 Å². The number of ketones is 1. The second-order valence-corrected chi connectivity index (χ2v) is 8.83. The molecule has 1 N–H and O–H groups in total. The third-order valence-corrected chi connectivity index (χ3v) is 4.94. The number of benzene rings is 2. The summed E-state index contributed by atoms with van der Waals surface area (Å²) in [6, 6.07) is 17.1. The zero-order valence-corrected chi connectivity index (χ0v) is 18.5. The summed E-state index contributed by atoms with van der Waals surface area (Å²) in [6.45, 7) is 7.31. The minimum atomic E-state index is -0.597. The first-order chi connectivity index (χ1) is 13.2. The first-order valence-electron chi connectivity index (χ1n) is 9.47. The Balaban J connectivity index is 2.09. The molecule has 1 amide bonds. The lowest BCUT2D eigenvalue weighted by Crippen LogP contribution is -2.39. The number of amides is 1. The smallest absolute Gasteiger partial charge is 0.408 e. The lowest BCUT2D eigenvalue weighted by Gasteiger charge is -2.27. The Labute approximate surface area is 175 Å². The van der Waals surface area contributed by atoms with Crippen molar-refractivity contribution in [2.75, 3.05) is 0 Å². The Morgan fingerprint density at radius 3 is 2.21 bits per heavy atom. The van der Waals surface area contributed by atoms with Gasteiger partial charge in [0.05, 0.1) is 6.04 Å². The molecule has 2 aromatic rings. The van der Waals surface area contributed by atoms with Crippen LogP contribution in [0.5, 0.6) is 0 Å². The summed E-state index contributed by atoms with van der Waals surface area (Å²) in [5, 5.41) is 2.89. The van der Waals surface area contributed by atoms with Crippen molar-refractivity contribution in [3.63, 3.8) is 0 Å². The van der Waals surface area contributed by atoms with Crippen molar-refractivity contribution in [3.8, 4) is 0 Å². The number of nitrogens with one attached hydrogen (secondary N) is 1. The zero-order valence-electron chi connectivity index (χ0n) is 16.9. The van der Waals surface area contributed by atoms with Crippen LogP contribution in [0.1, 0.15) is 51.3 Å². The lowest BCUT2D eigenvalue weighted by molar-refractivity contribution is -0.123. The van der Waals surface area contributed by atoms with Gasteiger partial charge in [0.25, 0.3) is 0 Å². The molecule has 2 atom stereocenters. The monoisotopic (exact) mass is 445 g/mol. The van der Waals surface area contributed by atoms with Crippen LogP contribution in [0.15, 0.2) is 59.1 Å². The fourth-order valence-corrected chi connectivity index (χ4v) is 3.19. The van der Waals surface area contributed by atoms with Gasteiger partial charge in [-0.1, -0.05) is 65.3 Å². The van der Waals surface area contributed by atoms with E-state index in [4.69, 9.17) is 4.74 Å². The van der Waals surface area contributed by atoms with E-state index in [0.29, 0.717) is 12.8 Å². The van der Waals surface area contributed by atoms with Gasteiger partial charge in [0.2, 0.25) is 0 Å². The molecule has 0 spiro atoms. The van der Waals surface area contributed by atoms with Crippen LogP contribution in [0.4, 0.5) is 4.79 Å². The quantitative estimate of drug-likeness (QED) is 0.580. The van der Waals surface area contributed by atoms with Gasteiger partial charge in [0, 0.05) is 16.8 Å². The highest BCUT2D eigenvalue weighted by Crippen LogP contribution is 2.25. The molecule has 2 aromatic carbocycles. The number of aryl methyl sites for hydroxylation is 1. The van der Waals surface area contributed by atoms with Crippen molar-refractivity contribution in [1.29, 1.82) is 0 Å². The highest BCUT2D eigenvalue weighted by Gasteiger charge is 2.28. The van der Waals surface area contributed by atoms with Crippen LogP contribution in [0.3, 0.4) is 0 Å². The fraction of sp³-hybridized carbons (Fsp3) is 0.391. The second-order valence-electron chi connectivity index (χ2n) is 7.92. The average molecular weight is 446 g/mol. The molecule has 0 fully saturated rings. The van der Waals surface area contributed by atoms with E-state index in [1.165, 1.54) is 0 Å². The number of halogens is 1. The molecule has 0 aliphatic carbocycles. The van der Waals surface area contributed by atoms with E-state index in [0.717, 1.165) is 15.6 Å². The highest BCUT2D eigenvalue weighted by atomic mass is 79.9. The zero-order chi connectivity index (χ0) is 20.7. The van der Waals surface area contributed by atoms with Gasteiger partial charge in [-0.3, -0.25) is 4.79 Å². The minimum Gasteiger partial charge on any atom is -0.444 e. The Hall–Kier alpha value is -2.14. The van der Waals surface area contributed by atoms with Crippen molar-refractivity contribution in [3.05, 3.63) is 70.2 Å². The van der Waals surface area contributed by atoms with Crippen molar-refractivity contribution >= 4 is 27.8 Å². The largest absolute Gasteiger partial charge is 0.444 e. The van der Waals surface area contributed by atoms with Crippen LogP contribution in [0.25, 0.3) is 0 Å². The third-order valence-electron chi connectivity index (χ3n) is 4.41.